The summed E-state index contributed by atoms with van der Waals surface area (Å²) in [6.07, 6.45) is 0. The van der Waals surface area contributed by atoms with Crippen LogP contribution in [0, 0.1) is 6.92 Å². The van der Waals surface area contributed by atoms with Crippen molar-refractivity contribution in [2.75, 3.05) is 7.05 Å². The van der Waals surface area contributed by atoms with Crippen molar-refractivity contribution in [3.8, 4) is 0 Å². The molecule has 0 fully saturated rings. The Hall–Kier alpha value is -1.66. The van der Waals surface area contributed by atoms with Crippen molar-refractivity contribution in [1.82, 2.24) is 14.1 Å². The van der Waals surface area contributed by atoms with E-state index < -0.39 is 10.0 Å². The Bertz CT molecular complexity index is 749. The number of benzene rings is 1. The van der Waals surface area contributed by atoms with Crippen LogP contribution in [0.25, 0.3) is 0 Å². The largest absolute Gasteiger partial charge is 0.272 e. The molecule has 0 unspecified atom stereocenters. The number of rotatable bonds is 5. The number of aromatic nitrogens is 2. The monoisotopic (exact) mass is 321 g/mol. The van der Waals surface area contributed by atoms with Gasteiger partial charge in [-0.2, -0.15) is 9.40 Å². The summed E-state index contributed by atoms with van der Waals surface area (Å²) in [5, 5.41) is 4.44. The first-order valence-electron chi connectivity index (χ1n) is 7.29. The molecule has 1 aromatic heterocycles. The van der Waals surface area contributed by atoms with Gasteiger partial charge >= 0.3 is 0 Å². The Morgan fingerprint density at radius 2 is 1.82 bits per heavy atom. The molecule has 0 saturated carbocycles. The third-order valence-corrected chi connectivity index (χ3v) is 5.59. The molecule has 6 heteroatoms. The molecular weight excluding hydrogens is 298 g/mol. The average Bonchev–Trinajstić information content (AvgIpc) is 2.74. The molecule has 0 atom stereocenters. The third kappa shape index (κ3) is 3.08. The lowest BCUT2D eigenvalue weighted by atomic mass is 10.0. The second kappa shape index (κ2) is 6.22. The SMILES string of the molecule is Cc1nn(C)c(C(C)C)c1CN(C)S(=O)(=O)c1ccccc1. The number of aryl methyl sites for hydroxylation is 2. The highest BCUT2D eigenvalue weighted by Gasteiger charge is 2.24. The number of sulfonamides is 1. The summed E-state index contributed by atoms with van der Waals surface area (Å²) in [5.74, 6) is 0.286. The van der Waals surface area contributed by atoms with Gasteiger partial charge in [0.25, 0.3) is 0 Å². The maximum atomic E-state index is 12.6. The van der Waals surface area contributed by atoms with Crippen LogP contribution in [0.4, 0.5) is 0 Å². The fourth-order valence-electron chi connectivity index (χ4n) is 2.72. The second-order valence-corrected chi connectivity index (χ2v) is 7.85. The van der Waals surface area contributed by atoms with Crippen molar-refractivity contribution in [1.29, 1.82) is 0 Å². The highest BCUT2D eigenvalue weighted by atomic mass is 32.2. The number of hydrogen-bond donors (Lipinski definition) is 0. The van der Waals surface area contributed by atoms with E-state index in [1.165, 1.54) is 4.31 Å². The normalized spacial score (nSPS) is 12.3. The summed E-state index contributed by atoms with van der Waals surface area (Å²) in [6, 6.07) is 8.50. The van der Waals surface area contributed by atoms with Gasteiger partial charge in [-0.1, -0.05) is 32.0 Å². The number of hydrogen-bond acceptors (Lipinski definition) is 3. The minimum Gasteiger partial charge on any atom is -0.272 e. The van der Waals surface area contributed by atoms with Crippen LogP contribution in [0.2, 0.25) is 0 Å². The lowest BCUT2D eigenvalue weighted by molar-refractivity contribution is 0.463. The van der Waals surface area contributed by atoms with E-state index in [0.717, 1.165) is 17.0 Å². The molecule has 0 aliphatic rings. The van der Waals surface area contributed by atoms with Crippen LogP contribution in [0.5, 0.6) is 0 Å². The van der Waals surface area contributed by atoms with Gasteiger partial charge in [-0.25, -0.2) is 8.42 Å². The van der Waals surface area contributed by atoms with Gasteiger partial charge in [0.05, 0.1) is 10.6 Å². The molecule has 0 aliphatic heterocycles. The first kappa shape index (κ1) is 16.7. The summed E-state index contributed by atoms with van der Waals surface area (Å²) in [4.78, 5) is 0.310. The molecule has 120 valence electrons. The van der Waals surface area contributed by atoms with Crippen molar-refractivity contribution in [2.45, 2.75) is 38.1 Å². The standard InChI is InChI=1S/C16H23N3O2S/c1-12(2)16-15(13(3)17-19(16)5)11-18(4)22(20,21)14-9-7-6-8-10-14/h6-10,12H,11H2,1-5H3. The van der Waals surface area contributed by atoms with Gasteiger partial charge in [-0.15, -0.1) is 0 Å². The molecule has 2 aromatic rings. The quantitative estimate of drug-likeness (QED) is 0.851. The van der Waals surface area contributed by atoms with E-state index >= 15 is 0 Å². The summed E-state index contributed by atoms with van der Waals surface area (Å²) < 4.78 is 28.5. The minimum atomic E-state index is -3.49. The molecule has 0 N–H and O–H groups in total. The van der Waals surface area contributed by atoms with E-state index in [0.29, 0.717) is 11.4 Å². The molecule has 0 radical (unpaired) electrons. The van der Waals surface area contributed by atoms with E-state index in [2.05, 4.69) is 18.9 Å². The van der Waals surface area contributed by atoms with Gasteiger partial charge in [-0.05, 0) is 25.0 Å². The number of nitrogens with zero attached hydrogens (tertiary/aromatic N) is 3. The molecule has 0 amide bonds. The molecule has 1 aromatic carbocycles. The zero-order valence-corrected chi connectivity index (χ0v) is 14.6. The van der Waals surface area contributed by atoms with Crippen molar-refractivity contribution >= 4 is 10.0 Å². The zero-order chi connectivity index (χ0) is 16.5. The predicted molar refractivity (Wildman–Crippen MR) is 87.1 cm³/mol. The van der Waals surface area contributed by atoms with Crippen LogP contribution in [0.15, 0.2) is 35.2 Å². The Morgan fingerprint density at radius 1 is 1.23 bits per heavy atom. The van der Waals surface area contributed by atoms with Crippen LogP contribution in [0.1, 0.15) is 36.7 Å². The molecule has 0 spiro atoms. The lowest BCUT2D eigenvalue weighted by Crippen LogP contribution is -2.27. The van der Waals surface area contributed by atoms with Crippen LogP contribution in [-0.2, 0) is 23.6 Å². The highest BCUT2D eigenvalue weighted by molar-refractivity contribution is 7.89. The predicted octanol–water partition coefficient (Wildman–Crippen LogP) is 2.67. The van der Waals surface area contributed by atoms with E-state index in [-0.39, 0.29) is 5.92 Å². The first-order valence-corrected chi connectivity index (χ1v) is 8.73. The lowest BCUT2D eigenvalue weighted by Gasteiger charge is -2.19. The van der Waals surface area contributed by atoms with E-state index in [1.54, 1.807) is 37.4 Å². The van der Waals surface area contributed by atoms with Crippen molar-refractivity contribution in [2.24, 2.45) is 7.05 Å². The van der Waals surface area contributed by atoms with Crippen molar-refractivity contribution in [3.05, 3.63) is 47.3 Å². The maximum Gasteiger partial charge on any atom is 0.243 e. The van der Waals surface area contributed by atoms with Crippen molar-refractivity contribution in [3.63, 3.8) is 0 Å². The average molecular weight is 321 g/mol. The Labute approximate surface area is 132 Å². The highest BCUT2D eigenvalue weighted by Crippen LogP contribution is 2.25. The molecule has 0 bridgehead atoms. The van der Waals surface area contributed by atoms with Gasteiger partial charge in [-0.3, -0.25) is 4.68 Å². The molecule has 1 heterocycles. The summed E-state index contributed by atoms with van der Waals surface area (Å²) >= 11 is 0. The molecule has 2 rings (SSSR count). The minimum absolute atomic E-state index is 0.286. The van der Waals surface area contributed by atoms with Gasteiger partial charge in [0.2, 0.25) is 10.0 Å². The molecule has 22 heavy (non-hydrogen) atoms. The van der Waals surface area contributed by atoms with Gasteiger partial charge < -0.3 is 0 Å². The van der Waals surface area contributed by atoms with Crippen LogP contribution in [-0.4, -0.2) is 29.6 Å². The van der Waals surface area contributed by atoms with Crippen molar-refractivity contribution < 1.29 is 8.42 Å². The Balaban J connectivity index is 2.36. The smallest absolute Gasteiger partial charge is 0.243 e. The van der Waals surface area contributed by atoms with Crippen LogP contribution >= 0.6 is 0 Å². The molecule has 0 saturated heterocycles. The second-order valence-electron chi connectivity index (χ2n) is 5.80. The molecule has 0 aliphatic carbocycles. The summed E-state index contributed by atoms with van der Waals surface area (Å²) in [7, 11) is 0.0195. The molecular formula is C16H23N3O2S. The van der Waals surface area contributed by atoms with Crippen LogP contribution in [0.3, 0.4) is 0 Å². The van der Waals surface area contributed by atoms with Gasteiger partial charge in [0.1, 0.15) is 0 Å². The third-order valence-electron chi connectivity index (χ3n) is 3.77. The fraction of sp³-hybridized carbons (Fsp3) is 0.438. The van der Waals surface area contributed by atoms with E-state index in [4.69, 9.17) is 0 Å². The topological polar surface area (TPSA) is 55.2 Å². The zero-order valence-electron chi connectivity index (χ0n) is 13.7. The molecule has 5 nitrogen and oxygen atoms in total. The summed E-state index contributed by atoms with van der Waals surface area (Å²) in [6.45, 7) is 6.42. The summed E-state index contributed by atoms with van der Waals surface area (Å²) in [5.41, 5.74) is 2.94. The van der Waals surface area contributed by atoms with Gasteiger partial charge in [0.15, 0.2) is 0 Å². The van der Waals surface area contributed by atoms with E-state index in [9.17, 15) is 8.42 Å². The maximum absolute atomic E-state index is 12.6. The van der Waals surface area contributed by atoms with Gasteiger partial charge in [0, 0.05) is 31.9 Å². The Kier molecular flexibility index (Phi) is 4.72. The first-order chi connectivity index (χ1) is 10.2. The van der Waals surface area contributed by atoms with E-state index in [1.807, 2.05) is 18.7 Å². The fourth-order valence-corrected chi connectivity index (χ4v) is 3.88. The van der Waals surface area contributed by atoms with Crippen LogP contribution < -0.4 is 0 Å². The Morgan fingerprint density at radius 3 is 2.36 bits per heavy atom.